The van der Waals surface area contributed by atoms with Gasteiger partial charge in [-0.15, -0.1) is 0 Å². The molecule has 4 atom stereocenters. The predicted molar refractivity (Wildman–Crippen MR) is 94.6 cm³/mol. The number of hydrogen-bond acceptors (Lipinski definition) is 7. The molecule has 26 heavy (non-hydrogen) atoms. The molecule has 0 fully saturated rings. The number of benzene rings is 1. The van der Waals surface area contributed by atoms with E-state index >= 15 is 0 Å². The first-order valence-electron chi connectivity index (χ1n) is 8.45. The van der Waals surface area contributed by atoms with E-state index in [1.165, 1.54) is 21.1 Å². The predicted octanol–water partition coefficient (Wildman–Crippen LogP) is 1.57. The first-order valence-corrected chi connectivity index (χ1v) is 8.45. The third-order valence-corrected chi connectivity index (χ3v) is 4.60. The first-order chi connectivity index (χ1) is 12.3. The van der Waals surface area contributed by atoms with Gasteiger partial charge in [-0.25, -0.2) is 9.79 Å². The molecule has 1 aliphatic rings. The summed E-state index contributed by atoms with van der Waals surface area (Å²) in [6.45, 7) is 5.18. The lowest BCUT2D eigenvalue weighted by Crippen LogP contribution is -2.60. The van der Waals surface area contributed by atoms with E-state index < -0.39 is 35.6 Å². The van der Waals surface area contributed by atoms with Crippen molar-refractivity contribution in [1.82, 2.24) is 0 Å². The molecule has 0 aliphatic carbocycles. The number of nitrogens with zero attached hydrogens (tertiary/aromatic N) is 1. The van der Waals surface area contributed by atoms with Crippen LogP contribution in [0.5, 0.6) is 0 Å². The van der Waals surface area contributed by atoms with Gasteiger partial charge >= 0.3 is 11.9 Å². The molecule has 0 aromatic heterocycles. The largest absolute Gasteiger partial charge is 0.471 e. The SMILES string of the molecule is COC(=O)[C@@H](C)[C@H](O)[C@]1(C(=O)OC)N=C(c2ccccc2)O[C@H]1C(C)C. The highest BCUT2D eigenvalue weighted by Crippen LogP contribution is 2.39. The molecule has 0 unspecified atom stereocenters. The minimum Gasteiger partial charge on any atom is -0.471 e. The van der Waals surface area contributed by atoms with Crippen LogP contribution in [0, 0.1) is 11.8 Å². The van der Waals surface area contributed by atoms with E-state index in [-0.39, 0.29) is 11.8 Å². The van der Waals surface area contributed by atoms with E-state index in [0.717, 1.165) is 0 Å². The number of ether oxygens (including phenoxy) is 3. The number of carbonyl (C=O) groups is 2. The Bertz CT molecular complexity index is 687. The zero-order valence-corrected chi connectivity index (χ0v) is 15.6. The maximum atomic E-state index is 12.8. The lowest BCUT2D eigenvalue weighted by Gasteiger charge is -2.36. The highest BCUT2D eigenvalue weighted by atomic mass is 16.5. The van der Waals surface area contributed by atoms with Crippen LogP contribution in [0.1, 0.15) is 26.3 Å². The summed E-state index contributed by atoms with van der Waals surface area (Å²) in [5, 5.41) is 11.0. The summed E-state index contributed by atoms with van der Waals surface area (Å²) in [4.78, 5) is 29.2. The molecular formula is C19H25NO6. The zero-order valence-electron chi connectivity index (χ0n) is 15.6. The summed E-state index contributed by atoms with van der Waals surface area (Å²) in [6, 6.07) is 9.06. The van der Waals surface area contributed by atoms with Gasteiger partial charge in [0.25, 0.3) is 0 Å². The van der Waals surface area contributed by atoms with Gasteiger partial charge < -0.3 is 19.3 Å². The van der Waals surface area contributed by atoms with E-state index in [1.807, 2.05) is 32.0 Å². The summed E-state index contributed by atoms with van der Waals surface area (Å²) >= 11 is 0. The molecule has 1 N–H and O–H groups in total. The molecule has 1 aromatic rings. The number of rotatable bonds is 6. The molecule has 0 saturated heterocycles. The van der Waals surface area contributed by atoms with Gasteiger partial charge in [0, 0.05) is 5.56 Å². The maximum Gasteiger partial charge on any atom is 0.340 e. The Morgan fingerprint density at radius 1 is 1.15 bits per heavy atom. The lowest BCUT2D eigenvalue weighted by atomic mass is 9.77. The monoisotopic (exact) mass is 363 g/mol. The van der Waals surface area contributed by atoms with Gasteiger partial charge in [-0.1, -0.05) is 32.0 Å². The Morgan fingerprint density at radius 2 is 1.77 bits per heavy atom. The summed E-state index contributed by atoms with van der Waals surface area (Å²) in [7, 11) is 2.44. The van der Waals surface area contributed by atoms with Crippen molar-refractivity contribution >= 4 is 17.8 Å². The molecule has 0 radical (unpaired) electrons. The highest BCUT2D eigenvalue weighted by molar-refractivity contribution is 6.00. The second-order valence-corrected chi connectivity index (χ2v) is 6.64. The Morgan fingerprint density at radius 3 is 2.27 bits per heavy atom. The van der Waals surface area contributed by atoms with Crippen molar-refractivity contribution in [2.45, 2.75) is 38.5 Å². The fourth-order valence-electron chi connectivity index (χ4n) is 3.20. The molecule has 0 spiro atoms. The Kier molecular flexibility index (Phi) is 6.02. The third kappa shape index (κ3) is 3.31. The number of hydrogen-bond donors (Lipinski definition) is 1. The van der Waals surface area contributed by atoms with Crippen molar-refractivity contribution < 1.29 is 28.9 Å². The molecule has 7 nitrogen and oxygen atoms in total. The van der Waals surface area contributed by atoms with Crippen LogP contribution in [0.25, 0.3) is 0 Å². The van der Waals surface area contributed by atoms with Crippen molar-refractivity contribution in [2.75, 3.05) is 14.2 Å². The minimum atomic E-state index is -1.76. The van der Waals surface area contributed by atoms with Crippen LogP contribution in [-0.4, -0.2) is 54.9 Å². The Labute approximate surface area is 153 Å². The van der Waals surface area contributed by atoms with Gasteiger partial charge in [-0.05, 0) is 25.0 Å². The average Bonchev–Trinajstić information content (AvgIpc) is 3.08. The zero-order chi connectivity index (χ0) is 19.5. The second-order valence-electron chi connectivity index (χ2n) is 6.64. The van der Waals surface area contributed by atoms with Gasteiger partial charge in [0.1, 0.15) is 12.2 Å². The third-order valence-electron chi connectivity index (χ3n) is 4.60. The summed E-state index contributed by atoms with van der Waals surface area (Å²) in [5.41, 5.74) is -1.09. The molecule has 1 aliphatic heterocycles. The molecule has 0 bridgehead atoms. The fraction of sp³-hybridized carbons (Fsp3) is 0.526. The molecule has 7 heteroatoms. The fourth-order valence-corrected chi connectivity index (χ4v) is 3.20. The number of carbonyl (C=O) groups excluding carboxylic acids is 2. The number of esters is 2. The molecule has 1 heterocycles. The van der Waals surface area contributed by atoms with E-state index in [2.05, 4.69) is 4.99 Å². The molecule has 2 rings (SSSR count). The molecule has 1 aromatic carbocycles. The second kappa shape index (κ2) is 7.86. The number of aliphatic imine (C=N–C) groups is 1. The Hall–Kier alpha value is -2.41. The van der Waals surface area contributed by atoms with Crippen LogP contribution in [0.15, 0.2) is 35.3 Å². The first kappa shape index (κ1) is 19.9. The average molecular weight is 363 g/mol. The summed E-state index contributed by atoms with van der Waals surface area (Å²) < 4.78 is 15.6. The van der Waals surface area contributed by atoms with Crippen LogP contribution < -0.4 is 0 Å². The molecular weight excluding hydrogens is 338 g/mol. The molecule has 0 saturated carbocycles. The van der Waals surface area contributed by atoms with Crippen LogP contribution in [0.3, 0.4) is 0 Å². The summed E-state index contributed by atoms with van der Waals surface area (Å²) in [6.07, 6.45) is -2.27. The van der Waals surface area contributed by atoms with E-state index in [0.29, 0.717) is 5.56 Å². The van der Waals surface area contributed by atoms with Gasteiger partial charge in [-0.2, -0.15) is 0 Å². The van der Waals surface area contributed by atoms with Crippen LogP contribution >= 0.6 is 0 Å². The van der Waals surface area contributed by atoms with Crippen molar-refractivity contribution in [3.05, 3.63) is 35.9 Å². The van der Waals surface area contributed by atoms with Crippen LogP contribution in [0.2, 0.25) is 0 Å². The number of aliphatic hydroxyl groups is 1. The minimum absolute atomic E-state index is 0.182. The van der Waals surface area contributed by atoms with Gasteiger partial charge in [-0.3, -0.25) is 4.79 Å². The van der Waals surface area contributed by atoms with E-state index in [4.69, 9.17) is 14.2 Å². The topological polar surface area (TPSA) is 94.4 Å². The number of methoxy groups -OCH3 is 2. The highest BCUT2D eigenvalue weighted by Gasteiger charge is 2.61. The summed E-state index contributed by atoms with van der Waals surface area (Å²) in [5.74, 6) is -2.36. The standard InChI is InChI=1S/C19H25NO6/c1-11(2)15-19(18(23)25-5,14(21)12(3)17(22)24-4)20-16(26-15)13-9-7-6-8-10-13/h6-12,14-15,21H,1-5H3/t12-,14-,15-,19-/m0/s1. The van der Waals surface area contributed by atoms with E-state index in [9.17, 15) is 14.7 Å². The normalized spacial score (nSPS) is 24.4. The lowest BCUT2D eigenvalue weighted by molar-refractivity contribution is -0.164. The van der Waals surface area contributed by atoms with Crippen molar-refractivity contribution in [2.24, 2.45) is 16.8 Å². The van der Waals surface area contributed by atoms with Crippen molar-refractivity contribution in [3.63, 3.8) is 0 Å². The smallest absolute Gasteiger partial charge is 0.340 e. The van der Waals surface area contributed by atoms with Crippen molar-refractivity contribution in [1.29, 1.82) is 0 Å². The maximum absolute atomic E-state index is 12.8. The van der Waals surface area contributed by atoms with Crippen LogP contribution in [0.4, 0.5) is 0 Å². The van der Waals surface area contributed by atoms with Crippen molar-refractivity contribution in [3.8, 4) is 0 Å². The van der Waals surface area contributed by atoms with Gasteiger partial charge in [0.15, 0.2) is 0 Å². The molecule has 142 valence electrons. The molecule has 0 amide bonds. The van der Waals surface area contributed by atoms with Gasteiger partial charge in [0.2, 0.25) is 11.4 Å². The van der Waals surface area contributed by atoms with Gasteiger partial charge in [0.05, 0.1) is 20.1 Å². The number of aliphatic hydroxyl groups excluding tert-OH is 1. The van der Waals surface area contributed by atoms with Crippen LogP contribution in [-0.2, 0) is 23.8 Å². The van der Waals surface area contributed by atoms with E-state index in [1.54, 1.807) is 12.1 Å². The quantitative estimate of drug-likeness (QED) is 0.771. The Balaban J connectivity index is 2.60.